The molecule has 1 N–H and O–H groups in total. The van der Waals surface area contributed by atoms with E-state index in [1.807, 2.05) is 21.1 Å². The van der Waals surface area contributed by atoms with Gasteiger partial charge in [0.05, 0.1) is 27.7 Å². The lowest BCUT2D eigenvalue weighted by atomic mass is 10.0. The number of nitrogens with zero attached hydrogens (tertiary/aromatic N) is 1. The Labute approximate surface area is 455 Å². The SMILES string of the molecule is CC/C=C\C/C=C\C/C=C\C/C=C\C/C=C\C/C=C\C/C=C\CCCCCC(=O)OC(COC(=O)CCCCCCCCCCCCCCC/C=C\CCCCCCCCCC)COP(=O)(O)OCC[N+](C)(C)C. The summed E-state index contributed by atoms with van der Waals surface area (Å²) in [6.45, 7) is 4.29. The van der Waals surface area contributed by atoms with E-state index in [0.717, 1.165) is 83.5 Å². The number of carbonyl (C=O) groups is 2. The van der Waals surface area contributed by atoms with Crippen LogP contribution in [0.15, 0.2) is 97.2 Å². The Bertz CT molecular complexity index is 1570. The Hall–Kier alpha value is -3.07. The first-order valence-corrected chi connectivity index (χ1v) is 31.5. The highest BCUT2D eigenvalue weighted by Crippen LogP contribution is 2.43. The molecular weight excluding hydrogens is 942 g/mol. The number of hydrogen-bond donors (Lipinski definition) is 1. The molecule has 0 aromatic heterocycles. The fraction of sp³-hybridized carbons (Fsp3) is 0.719. The monoisotopic (exact) mass is 1050 g/mol. The highest BCUT2D eigenvalue weighted by Gasteiger charge is 2.27. The van der Waals surface area contributed by atoms with Crippen LogP contribution in [0.1, 0.15) is 245 Å². The number of allylic oxidation sites excluding steroid dienone is 16. The molecule has 0 saturated carbocycles. The minimum Gasteiger partial charge on any atom is -0.462 e. The van der Waals surface area contributed by atoms with Crippen LogP contribution in [-0.2, 0) is 32.7 Å². The summed E-state index contributed by atoms with van der Waals surface area (Å²) in [5, 5.41) is 0. The van der Waals surface area contributed by atoms with Gasteiger partial charge in [0.25, 0.3) is 0 Å². The molecule has 0 aliphatic carbocycles. The van der Waals surface area contributed by atoms with Crippen LogP contribution in [0.3, 0.4) is 0 Å². The van der Waals surface area contributed by atoms with Gasteiger partial charge in [-0.15, -0.1) is 0 Å². The fourth-order valence-corrected chi connectivity index (χ4v) is 8.73. The van der Waals surface area contributed by atoms with Gasteiger partial charge in [0, 0.05) is 12.8 Å². The van der Waals surface area contributed by atoms with Crippen molar-refractivity contribution in [1.29, 1.82) is 0 Å². The van der Waals surface area contributed by atoms with Gasteiger partial charge in [-0.1, -0.05) is 233 Å². The molecule has 0 amide bonds. The maximum Gasteiger partial charge on any atom is 0.472 e. The molecule has 0 radical (unpaired) electrons. The summed E-state index contributed by atoms with van der Waals surface area (Å²) in [5.74, 6) is -0.837. The highest BCUT2D eigenvalue weighted by atomic mass is 31.2. The van der Waals surface area contributed by atoms with Gasteiger partial charge < -0.3 is 18.9 Å². The summed E-state index contributed by atoms with van der Waals surface area (Å²) in [4.78, 5) is 35.7. The number of phosphoric ester groups is 1. The molecule has 0 aliphatic heterocycles. The van der Waals surface area contributed by atoms with Crippen molar-refractivity contribution in [3.05, 3.63) is 97.2 Å². The van der Waals surface area contributed by atoms with Gasteiger partial charge in [-0.25, -0.2) is 4.57 Å². The smallest absolute Gasteiger partial charge is 0.462 e. The van der Waals surface area contributed by atoms with Crippen molar-refractivity contribution < 1.29 is 42.1 Å². The average molecular weight is 1060 g/mol. The van der Waals surface area contributed by atoms with E-state index < -0.39 is 26.5 Å². The van der Waals surface area contributed by atoms with Crippen LogP contribution in [-0.4, -0.2) is 74.9 Å². The molecule has 0 fully saturated rings. The van der Waals surface area contributed by atoms with Crippen molar-refractivity contribution in [1.82, 2.24) is 0 Å². The Morgan fingerprint density at radius 1 is 0.432 bits per heavy atom. The second kappa shape index (κ2) is 54.7. The molecule has 0 saturated heterocycles. The van der Waals surface area contributed by atoms with Gasteiger partial charge in [-0.05, 0) is 96.3 Å². The van der Waals surface area contributed by atoms with Gasteiger partial charge in [-0.3, -0.25) is 18.6 Å². The van der Waals surface area contributed by atoms with Crippen LogP contribution in [0.5, 0.6) is 0 Å². The first-order valence-electron chi connectivity index (χ1n) is 30.0. The molecule has 9 nitrogen and oxygen atoms in total. The topological polar surface area (TPSA) is 108 Å². The van der Waals surface area contributed by atoms with Gasteiger partial charge in [0.2, 0.25) is 0 Å². The summed E-state index contributed by atoms with van der Waals surface area (Å²) < 4.78 is 34.6. The van der Waals surface area contributed by atoms with Crippen LogP contribution in [0.25, 0.3) is 0 Å². The summed E-state index contributed by atoms with van der Waals surface area (Å²) in [6.07, 6.45) is 74.8. The molecule has 0 bridgehead atoms. The predicted molar refractivity (Wildman–Crippen MR) is 316 cm³/mol. The maximum absolute atomic E-state index is 12.8. The number of ether oxygens (including phenoxy) is 2. The Morgan fingerprint density at radius 2 is 0.770 bits per heavy atom. The Morgan fingerprint density at radius 3 is 1.18 bits per heavy atom. The minimum atomic E-state index is -4.40. The van der Waals surface area contributed by atoms with Gasteiger partial charge in [0.1, 0.15) is 19.8 Å². The van der Waals surface area contributed by atoms with Crippen molar-refractivity contribution in [2.24, 2.45) is 0 Å². The molecular formula is C64H113NO8P+. The van der Waals surface area contributed by atoms with Crippen LogP contribution in [0, 0.1) is 0 Å². The molecule has 426 valence electrons. The van der Waals surface area contributed by atoms with Gasteiger partial charge >= 0.3 is 19.8 Å². The van der Waals surface area contributed by atoms with E-state index in [-0.39, 0.29) is 32.0 Å². The zero-order valence-electron chi connectivity index (χ0n) is 48.3. The van der Waals surface area contributed by atoms with Crippen LogP contribution < -0.4 is 0 Å². The van der Waals surface area contributed by atoms with Crippen molar-refractivity contribution in [3.8, 4) is 0 Å². The molecule has 0 heterocycles. The molecule has 2 atom stereocenters. The molecule has 0 aromatic rings. The Balaban J connectivity index is 4.24. The van der Waals surface area contributed by atoms with Gasteiger partial charge in [0.15, 0.2) is 6.10 Å². The summed E-state index contributed by atoms with van der Waals surface area (Å²) >= 11 is 0. The standard InChI is InChI=1S/C64H112NO8P/c1-6-8-10-12-14-16-18-20-22-24-26-28-30-32-34-36-38-40-42-44-46-48-50-52-54-56-63(66)70-60-62(61-72-74(68,69)71-59-58-65(3,4)5)73-64(67)57-55-53-51-49-47-45-43-41-39-37-35-33-31-29-27-25-23-21-19-17-15-13-11-9-7-2/h9,11,15,17,21,23-24,26-27,29,33,35,39,41,45,47,62H,6-8,10,12-14,16,18-20,22,25,28,30-32,34,36-38,40,42-44,46,48-61H2,1-5H3/p+1/b11-9-,17-15-,23-21-,26-24-,29-27-,35-33-,41-39-,47-45-. The highest BCUT2D eigenvalue weighted by molar-refractivity contribution is 7.47. The van der Waals surface area contributed by atoms with Crippen molar-refractivity contribution in [2.75, 3.05) is 47.5 Å². The van der Waals surface area contributed by atoms with Crippen molar-refractivity contribution in [2.45, 2.75) is 251 Å². The summed E-state index contributed by atoms with van der Waals surface area (Å²) in [5.41, 5.74) is 0. The zero-order chi connectivity index (χ0) is 54.2. The number of esters is 2. The third-order valence-corrected chi connectivity index (χ3v) is 13.6. The number of hydrogen-bond acceptors (Lipinski definition) is 7. The molecule has 0 spiro atoms. The molecule has 74 heavy (non-hydrogen) atoms. The van der Waals surface area contributed by atoms with E-state index in [0.29, 0.717) is 17.4 Å². The summed E-state index contributed by atoms with van der Waals surface area (Å²) in [6, 6.07) is 0. The van der Waals surface area contributed by atoms with Crippen LogP contribution in [0.4, 0.5) is 0 Å². The molecule has 0 rings (SSSR count). The first-order chi connectivity index (χ1) is 36.0. The normalized spacial score (nSPS) is 14.0. The third kappa shape index (κ3) is 58.2. The predicted octanol–water partition coefficient (Wildman–Crippen LogP) is 18.8. The molecule has 10 heteroatoms. The van der Waals surface area contributed by atoms with Crippen molar-refractivity contribution >= 4 is 19.8 Å². The number of quaternary nitrogens is 1. The molecule has 0 aliphatic rings. The zero-order valence-corrected chi connectivity index (χ0v) is 49.2. The van der Waals surface area contributed by atoms with E-state index in [2.05, 4.69) is 111 Å². The van der Waals surface area contributed by atoms with E-state index in [9.17, 15) is 19.0 Å². The largest absolute Gasteiger partial charge is 0.472 e. The average Bonchev–Trinajstić information content (AvgIpc) is 3.36. The quantitative estimate of drug-likeness (QED) is 0.0211. The number of rotatable bonds is 54. The second-order valence-corrected chi connectivity index (χ2v) is 22.5. The van der Waals surface area contributed by atoms with E-state index in [1.165, 1.54) is 128 Å². The lowest BCUT2D eigenvalue weighted by Crippen LogP contribution is -2.37. The van der Waals surface area contributed by atoms with Crippen LogP contribution >= 0.6 is 7.82 Å². The number of carbonyl (C=O) groups excluding carboxylic acids is 2. The maximum atomic E-state index is 12.8. The Kier molecular flexibility index (Phi) is 52.4. The fourth-order valence-electron chi connectivity index (χ4n) is 7.99. The summed E-state index contributed by atoms with van der Waals surface area (Å²) in [7, 11) is 1.44. The van der Waals surface area contributed by atoms with Crippen LogP contribution in [0.2, 0.25) is 0 Å². The van der Waals surface area contributed by atoms with E-state index in [4.69, 9.17) is 18.5 Å². The lowest BCUT2D eigenvalue weighted by molar-refractivity contribution is -0.870. The van der Waals surface area contributed by atoms with E-state index in [1.54, 1.807) is 0 Å². The van der Waals surface area contributed by atoms with Gasteiger partial charge in [-0.2, -0.15) is 0 Å². The molecule has 2 unspecified atom stereocenters. The molecule has 0 aromatic carbocycles. The van der Waals surface area contributed by atoms with Crippen molar-refractivity contribution in [3.63, 3.8) is 0 Å². The third-order valence-electron chi connectivity index (χ3n) is 12.6. The first kappa shape index (κ1) is 70.9. The minimum absolute atomic E-state index is 0.0203. The lowest BCUT2D eigenvalue weighted by Gasteiger charge is -2.24. The second-order valence-electron chi connectivity index (χ2n) is 21.0. The number of phosphoric acid groups is 1. The number of unbranched alkanes of at least 4 members (excludes halogenated alkanes) is 24. The van der Waals surface area contributed by atoms with E-state index >= 15 is 0 Å². The number of likely N-dealkylation sites (N-methyl/N-ethyl adjacent to an activating group) is 1.